The van der Waals surface area contributed by atoms with Gasteiger partial charge in [-0.3, -0.25) is 4.79 Å². The summed E-state index contributed by atoms with van der Waals surface area (Å²) < 4.78 is 15.0. The molecule has 2 unspecified atom stereocenters. The fourth-order valence-electron chi connectivity index (χ4n) is 3.19. The van der Waals surface area contributed by atoms with Crippen LogP contribution in [0.5, 0.6) is 0 Å². The van der Waals surface area contributed by atoms with Gasteiger partial charge in [-0.15, -0.1) is 0 Å². The smallest absolute Gasteiger partial charge is 0.350 e. The number of carbonyl (C=O) groups is 2. The first-order valence-electron chi connectivity index (χ1n) is 6.99. The molecule has 2 aliphatic rings. The molecule has 0 amide bonds. The highest BCUT2D eigenvalue weighted by Gasteiger charge is 2.59. The number of Topliss-reactive ketones (excluding diaryl/α,β-unsaturated/α-hetero) is 1. The molecule has 110 valence electrons. The minimum atomic E-state index is -2.85. The first kappa shape index (κ1) is 13.9. The summed E-state index contributed by atoms with van der Waals surface area (Å²) in [5.74, 6) is -3.56. The molecule has 4 nitrogen and oxygen atoms in total. The average molecular weight is 289 g/mol. The molecule has 2 N–H and O–H groups in total. The summed E-state index contributed by atoms with van der Waals surface area (Å²) in [6, 6.07) is 6.50. The molecule has 2 atom stereocenters. The van der Waals surface area contributed by atoms with Crippen molar-refractivity contribution in [3.05, 3.63) is 47.0 Å². The molecule has 1 aromatic carbocycles. The Hall–Kier alpha value is -2.01. The van der Waals surface area contributed by atoms with Crippen LogP contribution in [0.25, 0.3) is 0 Å². The number of halogens is 1. The Morgan fingerprint density at radius 1 is 1.43 bits per heavy atom. The predicted octanol–water partition coefficient (Wildman–Crippen LogP) is 2.07. The second kappa shape index (κ2) is 5.07. The molecule has 1 heterocycles. The van der Waals surface area contributed by atoms with E-state index in [1.54, 1.807) is 18.2 Å². The number of hydrogen-bond donors (Lipinski definition) is 2. The Morgan fingerprint density at radius 2 is 2.19 bits per heavy atom. The standard InChI is InChI=1S/C16H16FNO3/c17-16(15(20)21)13(9-10-5-7-18-8-6-10)11-3-1-2-4-12(11)14(16)19/h1-5,13,18H,6-9H2,(H,20,21). The average Bonchev–Trinajstić information content (AvgIpc) is 2.72. The summed E-state index contributed by atoms with van der Waals surface area (Å²) in [5.41, 5.74) is -1.14. The van der Waals surface area contributed by atoms with Gasteiger partial charge in [-0.25, -0.2) is 9.18 Å². The highest BCUT2D eigenvalue weighted by Crippen LogP contribution is 2.47. The van der Waals surface area contributed by atoms with E-state index in [1.165, 1.54) is 6.07 Å². The third kappa shape index (κ3) is 2.08. The molecule has 0 saturated heterocycles. The number of alkyl halides is 1. The zero-order chi connectivity index (χ0) is 15.0. The maximum atomic E-state index is 15.0. The van der Waals surface area contributed by atoms with Gasteiger partial charge in [0, 0.05) is 18.0 Å². The van der Waals surface area contributed by atoms with Crippen molar-refractivity contribution in [3.63, 3.8) is 0 Å². The lowest BCUT2D eigenvalue weighted by Crippen LogP contribution is -2.43. The second-order valence-corrected chi connectivity index (χ2v) is 5.51. The van der Waals surface area contributed by atoms with Crippen LogP contribution in [0.2, 0.25) is 0 Å². The Balaban J connectivity index is 2.03. The number of ketones is 1. The van der Waals surface area contributed by atoms with Crippen LogP contribution in [0.15, 0.2) is 35.9 Å². The van der Waals surface area contributed by atoms with E-state index in [9.17, 15) is 14.7 Å². The summed E-state index contributed by atoms with van der Waals surface area (Å²) in [5, 5.41) is 12.4. The topological polar surface area (TPSA) is 66.4 Å². The fourth-order valence-corrected chi connectivity index (χ4v) is 3.19. The second-order valence-electron chi connectivity index (χ2n) is 5.51. The van der Waals surface area contributed by atoms with Gasteiger partial charge in [0.25, 0.3) is 5.67 Å². The Kier molecular flexibility index (Phi) is 3.37. The Morgan fingerprint density at radius 3 is 2.86 bits per heavy atom. The monoisotopic (exact) mass is 289 g/mol. The number of nitrogens with one attached hydrogen (secondary N) is 1. The van der Waals surface area contributed by atoms with Crippen molar-refractivity contribution in [3.8, 4) is 0 Å². The Bertz CT molecular complexity index is 640. The minimum absolute atomic E-state index is 0.196. The van der Waals surface area contributed by atoms with E-state index in [2.05, 4.69) is 5.32 Å². The molecule has 0 aromatic heterocycles. The zero-order valence-corrected chi connectivity index (χ0v) is 11.4. The van der Waals surface area contributed by atoms with E-state index in [-0.39, 0.29) is 12.0 Å². The maximum absolute atomic E-state index is 15.0. The van der Waals surface area contributed by atoms with Crippen LogP contribution in [0.4, 0.5) is 4.39 Å². The van der Waals surface area contributed by atoms with Gasteiger partial charge in [0.2, 0.25) is 5.78 Å². The van der Waals surface area contributed by atoms with Gasteiger partial charge in [0.1, 0.15) is 0 Å². The number of carbonyl (C=O) groups excluding carboxylic acids is 1. The van der Waals surface area contributed by atoms with E-state index in [1.807, 2.05) is 6.08 Å². The number of carboxylic acid groups (broad SMARTS) is 1. The Labute approximate surface area is 121 Å². The largest absolute Gasteiger partial charge is 0.479 e. The SMILES string of the molecule is O=C(O)C1(F)C(=O)c2ccccc2C1CC1=CCNCC1. The number of carboxylic acids is 1. The first-order valence-corrected chi connectivity index (χ1v) is 6.99. The van der Waals surface area contributed by atoms with Crippen molar-refractivity contribution in [2.45, 2.75) is 24.4 Å². The summed E-state index contributed by atoms with van der Waals surface area (Å²) in [6.07, 6.45) is 2.98. The summed E-state index contributed by atoms with van der Waals surface area (Å²) >= 11 is 0. The molecule has 0 saturated carbocycles. The molecule has 21 heavy (non-hydrogen) atoms. The highest BCUT2D eigenvalue weighted by molar-refractivity contribution is 6.19. The summed E-state index contributed by atoms with van der Waals surface area (Å²) in [4.78, 5) is 23.7. The quantitative estimate of drug-likeness (QED) is 0.660. The van der Waals surface area contributed by atoms with Crippen LogP contribution in [0.3, 0.4) is 0 Å². The number of rotatable bonds is 3. The molecular formula is C16H16FNO3. The van der Waals surface area contributed by atoms with Crippen LogP contribution in [-0.4, -0.2) is 35.6 Å². The summed E-state index contributed by atoms with van der Waals surface area (Å²) in [7, 11) is 0. The molecule has 0 bridgehead atoms. The third-order valence-electron chi connectivity index (χ3n) is 4.33. The lowest BCUT2D eigenvalue weighted by Gasteiger charge is -2.25. The van der Waals surface area contributed by atoms with Crippen molar-refractivity contribution in [1.82, 2.24) is 5.32 Å². The van der Waals surface area contributed by atoms with Crippen molar-refractivity contribution in [1.29, 1.82) is 0 Å². The zero-order valence-electron chi connectivity index (χ0n) is 11.4. The van der Waals surface area contributed by atoms with E-state index >= 15 is 4.39 Å². The van der Waals surface area contributed by atoms with Crippen molar-refractivity contribution < 1.29 is 19.1 Å². The molecule has 3 rings (SSSR count). The first-order chi connectivity index (χ1) is 10.0. The lowest BCUT2D eigenvalue weighted by molar-refractivity contribution is -0.148. The van der Waals surface area contributed by atoms with Crippen LogP contribution >= 0.6 is 0 Å². The fraction of sp³-hybridized carbons (Fsp3) is 0.375. The summed E-state index contributed by atoms with van der Waals surface area (Å²) in [6.45, 7) is 1.49. The van der Waals surface area contributed by atoms with Gasteiger partial charge < -0.3 is 10.4 Å². The van der Waals surface area contributed by atoms with Crippen molar-refractivity contribution >= 4 is 11.8 Å². The molecule has 0 spiro atoms. The van der Waals surface area contributed by atoms with Crippen LogP contribution < -0.4 is 5.32 Å². The van der Waals surface area contributed by atoms with E-state index in [0.717, 1.165) is 18.5 Å². The van der Waals surface area contributed by atoms with Crippen LogP contribution in [0, 0.1) is 0 Å². The van der Waals surface area contributed by atoms with Gasteiger partial charge in [-0.1, -0.05) is 35.9 Å². The molecular weight excluding hydrogens is 273 g/mol. The van der Waals surface area contributed by atoms with Crippen molar-refractivity contribution in [2.24, 2.45) is 0 Å². The predicted molar refractivity (Wildman–Crippen MR) is 75.2 cm³/mol. The minimum Gasteiger partial charge on any atom is -0.479 e. The van der Waals surface area contributed by atoms with Crippen LogP contribution in [0.1, 0.15) is 34.7 Å². The van der Waals surface area contributed by atoms with E-state index in [4.69, 9.17) is 0 Å². The number of aliphatic carboxylic acids is 1. The maximum Gasteiger partial charge on any atom is 0.350 e. The molecule has 5 heteroatoms. The normalized spacial score (nSPS) is 28.1. The molecule has 1 aliphatic heterocycles. The van der Waals surface area contributed by atoms with Gasteiger partial charge in [-0.05, 0) is 24.9 Å². The van der Waals surface area contributed by atoms with Crippen LogP contribution in [-0.2, 0) is 4.79 Å². The highest BCUT2D eigenvalue weighted by atomic mass is 19.1. The van der Waals surface area contributed by atoms with Gasteiger partial charge in [0.05, 0.1) is 0 Å². The molecule has 1 aliphatic carbocycles. The van der Waals surface area contributed by atoms with Gasteiger partial charge in [0.15, 0.2) is 0 Å². The number of benzene rings is 1. The third-order valence-corrected chi connectivity index (χ3v) is 4.33. The number of hydrogen-bond acceptors (Lipinski definition) is 3. The lowest BCUT2D eigenvalue weighted by atomic mass is 9.82. The van der Waals surface area contributed by atoms with Gasteiger partial charge >= 0.3 is 5.97 Å². The van der Waals surface area contributed by atoms with Crippen molar-refractivity contribution in [2.75, 3.05) is 13.1 Å². The van der Waals surface area contributed by atoms with Gasteiger partial charge in [-0.2, -0.15) is 0 Å². The molecule has 1 aromatic rings. The van der Waals surface area contributed by atoms with E-state index in [0.29, 0.717) is 12.1 Å². The molecule has 0 fully saturated rings. The molecule has 0 radical (unpaired) electrons. The number of fused-ring (bicyclic) bond motifs is 1. The van der Waals surface area contributed by atoms with E-state index < -0.39 is 23.3 Å².